The third-order valence-electron chi connectivity index (χ3n) is 5.67. The first-order valence-corrected chi connectivity index (χ1v) is 12.0. The van der Waals surface area contributed by atoms with Crippen LogP contribution in [0.25, 0.3) is 0 Å². The Morgan fingerprint density at radius 3 is 2.23 bits per heavy atom. The lowest BCUT2D eigenvalue weighted by atomic mass is 9.86. The van der Waals surface area contributed by atoms with Gasteiger partial charge in [-0.3, -0.25) is 4.79 Å². The Balaban J connectivity index is 1.73. The fraction of sp³-hybridized carbons (Fsp3) is 0.458. The molecule has 2 aromatic carbocycles. The van der Waals surface area contributed by atoms with Crippen molar-refractivity contribution in [1.82, 2.24) is 9.62 Å². The van der Waals surface area contributed by atoms with Gasteiger partial charge < -0.3 is 5.32 Å². The largest absolute Gasteiger partial charge is 0.346 e. The van der Waals surface area contributed by atoms with Crippen molar-refractivity contribution in [2.75, 3.05) is 13.1 Å². The van der Waals surface area contributed by atoms with Gasteiger partial charge in [0.15, 0.2) is 0 Å². The number of carbonyl (C=O) groups is 1. The third-order valence-corrected chi connectivity index (χ3v) is 7.57. The van der Waals surface area contributed by atoms with E-state index >= 15 is 0 Å². The number of hydrogen-bond acceptors (Lipinski definition) is 3. The molecule has 0 radical (unpaired) electrons. The highest BCUT2D eigenvalue weighted by molar-refractivity contribution is 7.89. The molecule has 1 amide bonds. The van der Waals surface area contributed by atoms with Gasteiger partial charge in [-0.1, -0.05) is 57.5 Å². The summed E-state index contributed by atoms with van der Waals surface area (Å²) >= 11 is 0. The van der Waals surface area contributed by atoms with E-state index in [1.165, 1.54) is 15.9 Å². The normalized spacial score (nSPS) is 16.8. The van der Waals surface area contributed by atoms with Crippen molar-refractivity contribution in [2.24, 2.45) is 0 Å². The SMILES string of the molecule is C[C@@H](NC(=O)c1cccc(S(=O)(=O)N2CCCCC2)c1)c1ccc(C(C)(C)C)cc1. The Hall–Kier alpha value is -2.18. The van der Waals surface area contributed by atoms with Crippen LogP contribution in [0, 0.1) is 0 Å². The van der Waals surface area contributed by atoms with Crippen LogP contribution < -0.4 is 5.32 Å². The van der Waals surface area contributed by atoms with E-state index in [0.29, 0.717) is 18.7 Å². The summed E-state index contributed by atoms with van der Waals surface area (Å²) in [5.41, 5.74) is 2.67. The molecule has 0 spiro atoms. The quantitative estimate of drug-likeness (QED) is 0.754. The second kappa shape index (κ2) is 8.90. The van der Waals surface area contributed by atoms with Crippen molar-refractivity contribution in [3.05, 3.63) is 65.2 Å². The molecular weight excluding hydrogens is 396 g/mol. The lowest BCUT2D eigenvalue weighted by Gasteiger charge is -2.26. The molecule has 30 heavy (non-hydrogen) atoms. The molecule has 1 aliphatic rings. The van der Waals surface area contributed by atoms with E-state index in [1.807, 2.05) is 19.1 Å². The van der Waals surface area contributed by atoms with Gasteiger partial charge >= 0.3 is 0 Å². The number of piperidine rings is 1. The Kier molecular flexibility index (Phi) is 6.68. The van der Waals surface area contributed by atoms with Crippen molar-refractivity contribution < 1.29 is 13.2 Å². The summed E-state index contributed by atoms with van der Waals surface area (Å²) in [6.07, 6.45) is 2.82. The number of benzene rings is 2. The number of sulfonamides is 1. The van der Waals surface area contributed by atoms with Crippen LogP contribution in [0.1, 0.15) is 74.5 Å². The van der Waals surface area contributed by atoms with Crippen LogP contribution in [0.4, 0.5) is 0 Å². The molecule has 0 aromatic heterocycles. The van der Waals surface area contributed by atoms with Crippen LogP contribution in [0.5, 0.6) is 0 Å². The third kappa shape index (κ3) is 5.10. The minimum atomic E-state index is -3.56. The highest BCUT2D eigenvalue weighted by Gasteiger charge is 2.26. The summed E-state index contributed by atoms with van der Waals surface area (Å²) in [5, 5.41) is 2.98. The molecule has 3 rings (SSSR count). The van der Waals surface area contributed by atoms with Crippen molar-refractivity contribution >= 4 is 15.9 Å². The maximum Gasteiger partial charge on any atom is 0.251 e. The van der Waals surface area contributed by atoms with Gasteiger partial charge in [0.2, 0.25) is 10.0 Å². The zero-order valence-electron chi connectivity index (χ0n) is 18.3. The van der Waals surface area contributed by atoms with Crippen LogP contribution >= 0.6 is 0 Å². The van der Waals surface area contributed by atoms with Gasteiger partial charge in [0, 0.05) is 18.7 Å². The number of hydrogen-bond donors (Lipinski definition) is 1. The second-order valence-corrected chi connectivity index (χ2v) is 11.0. The van der Waals surface area contributed by atoms with E-state index < -0.39 is 10.0 Å². The fourth-order valence-corrected chi connectivity index (χ4v) is 5.25. The predicted molar refractivity (Wildman–Crippen MR) is 120 cm³/mol. The summed E-state index contributed by atoms with van der Waals surface area (Å²) in [6, 6.07) is 14.4. The van der Waals surface area contributed by atoms with Crippen molar-refractivity contribution in [2.45, 2.75) is 63.3 Å². The standard InChI is InChI=1S/C24H32N2O3S/c1-18(19-11-13-21(14-12-19)24(2,3)4)25-23(27)20-9-8-10-22(17-20)30(28,29)26-15-6-5-7-16-26/h8-14,17-18H,5-7,15-16H2,1-4H3,(H,25,27)/t18-/m1/s1. The van der Waals surface area contributed by atoms with Crippen LogP contribution in [-0.4, -0.2) is 31.7 Å². The van der Waals surface area contributed by atoms with Crippen molar-refractivity contribution in [3.8, 4) is 0 Å². The van der Waals surface area contributed by atoms with Crippen molar-refractivity contribution in [1.29, 1.82) is 0 Å². The van der Waals surface area contributed by atoms with E-state index in [0.717, 1.165) is 24.8 Å². The molecule has 0 bridgehead atoms. The van der Waals surface area contributed by atoms with Crippen LogP contribution in [0.15, 0.2) is 53.4 Å². The van der Waals surface area contributed by atoms with Gasteiger partial charge in [0.05, 0.1) is 10.9 Å². The monoisotopic (exact) mass is 428 g/mol. The summed E-state index contributed by atoms with van der Waals surface area (Å²) in [6.45, 7) is 9.51. The molecule has 0 aliphatic carbocycles. The summed E-state index contributed by atoms with van der Waals surface area (Å²) in [5.74, 6) is -0.280. The Morgan fingerprint density at radius 2 is 1.63 bits per heavy atom. The lowest BCUT2D eigenvalue weighted by molar-refractivity contribution is 0.0939. The van der Waals surface area contributed by atoms with Gasteiger partial charge in [-0.15, -0.1) is 0 Å². The van der Waals surface area contributed by atoms with E-state index in [4.69, 9.17) is 0 Å². The highest BCUT2D eigenvalue weighted by atomic mass is 32.2. The summed E-state index contributed by atoms with van der Waals surface area (Å²) < 4.78 is 27.3. The lowest BCUT2D eigenvalue weighted by Crippen LogP contribution is -2.35. The maximum absolute atomic E-state index is 12.9. The average molecular weight is 429 g/mol. The van der Waals surface area contributed by atoms with Gasteiger partial charge in [0.25, 0.3) is 5.91 Å². The topological polar surface area (TPSA) is 66.5 Å². The molecular formula is C24H32N2O3S. The van der Waals surface area contributed by atoms with Gasteiger partial charge in [-0.25, -0.2) is 8.42 Å². The maximum atomic E-state index is 12.9. The zero-order chi connectivity index (χ0) is 21.9. The Bertz CT molecular complexity index is 986. The number of amides is 1. The van der Waals surface area contributed by atoms with Gasteiger partial charge in [0.1, 0.15) is 0 Å². The van der Waals surface area contributed by atoms with E-state index in [9.17, 15) is 13.2 Å². The van der Waals surface area contributed by atoms with Crippen LogP contribution in [0.3, 0.4) is 0 Å². The number of carbonyl (C=O) groups excluding carboxylic acids is 1. The number of nitrogens with one attached hydrogen (secondary N) is 1. The average Bonchev–Trinajstić information content (AvgIpc) is 2.74. The number of nitrogens with zero attached hydrogens (tertiary/aromatic N) is 1. The van der Waals surface area contributed by atoms with Gasteiger partial charge in [-0.2, -0.15) is 4.31 Å². The summed E-state index contributed by atoms with van der Waals surface area (Å²) in [4.78, 5) is 13.0. The van der Waals surface area contributed by atoms with Crippen LogP contribution in [-0.2, 0) is 15.4 Å². The summed E-state index contributed by atoms with van der Waals surface area (Å²) in [7, 11) is -3.56. The van der Waals surface area contributed by atoms with E-state index in [-0.39, 0.29) is 22.3 Å². The van der Waals surface area contributed by atoms with Gasteiger partial charge in [-0.05, 0) is 54.5 Å². The molecule has 1 fully saturated rings. The molecule has 0 unspecified atom stereocenters. The highest BCUT2D eigenvalue weighted by Crippen LogP contribution is 2.25. The first kappa shape index (κ1) is 22.5. The smallest absolute Gasteiger partial charge is 0.251 e. The zero-order valence-corrected chi connectivity index (χ0v) is 19.1. The second-order valence-electron chi connectivity index (χ2n) is 9.06. The number of rotatable bonds is 5. The minimum Gasteiger partial charge on any atom is -0.346 e. The van der Waals surface area contributed by atoms with Crippen LogP contribution in [0.2, 0.25) is 0 Å². The fourth-order valence-electron chi connectivity index (χ4n) is 3.69. The molecule has 1 atom stereocenters. The first-order chi connectivity index (χ1) is 14.1. The molecule has 0 saturated carbocycles. The molecule has 1 N–H and O–H groups in total. The molecule has 2 aromatic rings. The first-order valence-electron chi connectivity index (χ1n) is 10.6. The minimum absolute atomic E-state index is 0.0747. The molecule has 6 heteroatoms. The molecule has 1 heterocycles. The Labute approximate surface area is 180 Å². The molecule has 1 aliphatic heterocycles. The Morgan fingerprint density at radius 1 is 1.00 bits per heavy atom. The molecule has 162 valence electrons. The van der Waals surface area contributed by atoms with E-state index in [1.54, 1.807) is 18.2 Å². The molecule has 5 nitrogen and oxygen atoms in total. The van der Waals surface area contributed by atoms with Crippen molar-refractivity contribution in [3.63, 3.8) is 0 Å². The molecule has 1 saturated heterocycles. The predicted octanol–water partition coefficient (Wildman–Crippen LogP) is 4.65. The van der Waals surface area contributed by atoms with E-state index in [2.05, 4.69) is 38.2 Å².